The highest BCUT2D eigenvalue weighted by Crippen LogP contribution is 2.28. The number of anilines is 1. The van der Waals surface area contributed by atoms with E-state index in [4.69, 9.17) is 28.2 Å². The van der Waals surface area contributed by atoms with Crippen LogP contribution in [0.25, 0.3) is 11.0 Å². The molecule has 0 aliphatic heterocycles. The van der Waals surface area contributed by atoms with Crippen molar-refractivity contribution in [2.45, 2.75) is 40.2 Å². The molecule has 3 heterocycles. The molecular formula is C22H25Cl2N7. The number of hydrogen-bond acceptors (Lipinski definition) is 6. The number of hydrogen-bond donors (Lipinski definition) is 1. The van der Waals surface area contributed by atoms with Gasteiger partial charge in [0.05, 0.1) is 30.1 Å². The van der Waals surface area contributed by atoms with Crippen LogP contribution in [0.1, 0.15) is 43.6 Å². The molecule has 9 heteroatoms. The summed E-state index contributed by atoms with van der Waals surface area (Å²) in [5.41, 5.74) is 4.61. The van der Waals surface area contributed by atoms with Gasteiger partial charge in [0.25, 0.3) is 0 Å². The van der Waals surface area contributed by atoms with Crippen LogP contribution in [0.4, 0.5) is 5.69 Å². The fraction of sp³-hybridized carbons (Fsp3) is 0.364. The number of nitriles is 1. The number of pyridine rings is 2. The van der Waals surface area contributed by atoms with E-state index in [0.29, 0.717) is 30.5 Å². The highest BCUT2D eigenvalue weighted by Gasteiger charge is 2.18. The molecule has 0 radical (unpaired) electrons. The summed E-state index contributed by atoms with van der Waals surface area (Å²) < 4.78 is 1.82. The number of fused-ring (bicyclic) bond motifs is 1. The molecule has 0 spiro atoms. The molecule has 1 N–H and O–H groups in total. The second kappa shape index (κ2) is 9.54. The predicted molar refractivity (Wildman–Crippen MR) is 125 cm³/mol. The van der Waals surface area contributed by atoms with Gasteiger partial charge >= 0.3 is 0 Å². The van der Waals surface area contributed by atoms with E-state index < -0.39 is 0 Å². The van der Waals surface area contributed by atoms with Crippen LogP contribution in [0.3, 0.4) is 0 Å². The zero-order valence-electron chi connectivity index (χ0n) is 18.2. The van der Waals surface area contributed by atoms with E-state index in [9.17, 15) is 5.26 Å². The number of allylic oxidation sites excluding steroid dienone is 1. The zero-order valence-corrected chi connectivity index (χ0v) is 19.8. The molecular weight excluding hydrogens is 433 g/mol. The Morgan fingerprint density at radius 1 is 1.26 bits per heavy atom. The van der Waals surface area contributed by atoms with Crippen molar-refractivity contribution < 1.29 is 0 Å². The third-order valence-electron chi connectivity index (χ3n) is 4.99. The van der Waals surface area contributed by atoms with Gasteiger partial charge in [-0.25, -0.2) is 9.97 Å². The molecule has 0 aliphatic rings. The molecule has 0 aromatic carbocycles. The second-order valence-corrected chi connectivity index (χ2v) is 8.34. The van der Waals surface area contributed by atoms with Crippen LogP contribution in [0.2, 0.25) is 10.3 Å². The number of aryl methyl sites for hydroxylation is 2. The Bertz CT molecular complexity index is 1150. The van der Waals surface area contributed by atoms with Gasteiger partial charge in [0, 0.05) is 24.7 Å². The van der Waals surface area contributed by atoms with Crippen molar-refractivity contribution >= 4 is 39.9 Å². The summed E-state index contributed by atoms with van der Waals surface area (Å²) in [7, 11) is 1.91. The summed E-state index contributed by atoms with van der Waals surface area (Å²) in [6.07, 6.45) is 1.46. The molecule has 0 unspecified atom stereocenters. The molecule has 0 amide bonds. The van der Waals surface area contributed by atoms with Gasteiger partial charge in [0.1, 0.15) is 16.1 Å². The predicted octanol–water partition coefficient (Wildman–Crippen LogP) is 5.40. The number of nitrogens with one attached hydrogen (secondary N) is 1. The number of halogens is 2. The van der Waals surface area contributed by atoms with Crippen LogP contribution in [-0.4, -0.2) is 31.2 Å². The molecule has 162 valence electrons. The first-order valence-corrected chi connectivity index (χ1v) is 10.8. The summed E-state index contributed by atoms with van der Waals surface area (Å²) in [6, 6.07) is 7.56. The van der Waals surface area contributed by atoms with Crippen LogP contribution in [0, 0.1) is 18.3 Å². The van der Waals surface area contributed by atoms with E-state index in [1.54, 1.807) is 12.1 Å². The zero-order chi connectivity index (χ0) is 22.7. The Hall–Kier alpha value is -2.82. The summed E-state index contributed by atoms with van der Waals surface area (Å²) in [5, 5.41) is 18.8. The molecule has 0 saturated heterocycles. The van der Waals surface area contributed by atoms with Crippen LogP contribution in [0.15, 0.2) is 30.1 Å². The van der Waals surface area contributed by atoms with Crippen LogP contribution < -0.4 is 5.32 Å². The lowest BCUT2D eigenvalue weighted by Crippen LogP contribution is -2.27. The van der Waals surface area contributed by atoms with Gasteiger partial charge in [-0.3, -0.25) is 4.68 Å². The molecule has 3 rings (SSSR count). The van der Waals surface area contributed by atoms with Gasteiger partial charge in [0.2, 0.25) is 0 Å². The fourth-order valence-corrected chi connectivity index (χ4v) is 4.04. The topological polar surface area (TPSA) is 82.7 Å². The van der Waals surface area contributed by atoms with E-state index in [-0.39, 0.29) is 10.3 Å². The van der Waals surface area contributed by atoms with E-state index in [1.807, 2.05) is 30.5 Å². The second-order valence-electron chi connectivity index (χ2n) is 7.56. The molecule has 3 aromatic heterocycles. The highest BCUT2D eigenvalue weighted by atomic mass is 35.5. The normalized spacial score (nSPS) is 11.8. The third-order valence-corrected chi connectivity index (χ3v) is 5.37. The van der Waals surface area contributed by atoms with Crippen molar-refractivity contribution in [1.82, 2.24) is 24.6 Å². The fourth-order valence-electron chi connectivity index (χ4n) is 3.58. The van der Waals surface area contributed by atoms with Gasteiger partial charge < -0.3 is 10.2 Å². The van der Waals surface area contributed by atoms with Gasteiger partial charge in [0.15, 0.2) is 5.65 Å². The quantitative estimate of drug-likeness (QED) is 0.377. The lowest BCUT2D eigenvalue weighted by molar-refractivity contribution is 0.355. The molecule has 0 atom stereocenters. The van der Waals surface area contributed by atoms with Gasteiger partial charge in [-0.15, -0.1) is 0 Å². The van der Waals surface area contributed by atoms with Crippen LogP contribution in [-0.2, 0) is 13.6 Å². The number of aromatic nitrogens is 4. The Morgan fingerprint density at radius 2 is 1.94 bits per heavy atom. The average Bonchev–Trinajstić information content (AvgIpc) is 2.98. The molecule has 0 fully saturated rings. The van der Waals surface area contributed by atoms with Gasteiger partial charge in [-0.2, -0.15) is 10.4 Å². The van der Waals surface area contributed by atoms with Crippen molar-refractivity contribution in [1.29, 1.82) is 5.26 Å². The Labute approximate surface area is 192 Å². The van der Waals surface area contributed by atoms with Crippen molar-refractivity contribution in [3.05, 3.63) is 57.4 Å². The SMILES string of the molecule is CCN(Cc1cc(C(C)C)c2c(C)nn(C)c2n1)/C(=C\C#N)Nc1cc(Cl)nc(Cl)c1. The monoisotopic (exact) mass is 457 g/mol. The van der Waals surface area contributed by atoms with E-state index >= 15 is 0 Å². The molecule has 3 aromatic rings. The third kappa shape index (κ3) is 5.09. The summed E-state index contributed by atoms with van der Waals surface area (Å²) in [6.45, 7) is 9.55. The van der Waals surface area contributed by atoms with Crippen LogP contribution >= 0.6 is 23.2 Å². The summed E-state index contributed by atoms with van der Waals surface area (Å²) in [4.78, 5) is 10.9. The van der Waals surface area contributed by atoms with Crippen molar-refractivity contribution in [3.8, 4) is 6.07 Å². The smallest absolute Gasteiger partial charge is 0.158 e. The first-order chi connectivity index (χ1) is 14.7. The number of rotatable bonds is 7. The largest absolute Gasteiger partial charge is 0.352 e. The van der Waals surface area contributed by atoms with Gasteiger partial charge in [-0.1, -0.05) is 37.0 Å². The molecule has 0 saturated carbocycles. The van der Waals surface area contributed by atoms with Crippen LogP contribution in [0.5, 0.6) is 0 Å². The Balaban J connectivity index is 1.98. The minimum Gasteiger partial charge on any atom is -0.352 e. The molecule has 0 aliphatic carbocycles. The van der Waals surface area contributed by atoms with E-state index in [0.717, 1.165) is 22.4 Å². The van der Waals surface area contributed by atoms with E-state index in [2.05, 4.69) is 41.4 Å². The first kappa shape index (κ1) is 22.9. The minimum absolute atomic E-state index is 0.273. The number of nitrogens with zero attached hydrogens (tertiary/aromatic N) is 6. The maximum atomic E-state index is 9.35. The van der Waals surface area contributed by atoms with Gasteiger partial charge in [-0.05, 0) is 43.5 Å². The van der Waals surface area contributed by atoms with Crippen molar-refractivity contribution in [3.63, 3.8) is 0 Å². The maximum Gasteiger partial charge on any atom is 0.158 e. The molecule has 0 bridgehead atoms. The van der Waals surface area contributed by atoms with Crippen molar-refractivity contribution in [2.75, 3.05) is 11.9 Å². The highest BCUT2D eigenvalue weighted by molar-refractivity contribution is 6.32. The Kier molecular flexibility index (Phi) is 7.04. The first-order valence-electron chi connectivity index (χ1n) is 10.0. The lowest BCUT2D eigenvalue weighted by atomic mass is 9.98. The lowest BCUT2D eigenvalue weighted by Gasteiger charge is -2.26. The van der Waals surface area contributed by atoms with E-state index in [1.165, 1.54) is 11.6 Å². The standard InChI is InChI=1S/C22H25Cl2N7/c1-6-31(20(7-8-25)26-15-10-18(23)28-19(24)11-15)12-16-9-17(13(2)3)21-14(4)29-30(5)22(21)27-16/h7,9-11,13H,6,12H2,1-5H3,(H,26,28)/b20-7-. The summed E-state index contributed by atoms with van der Waals surface area (Å²) in [5.74, 6) is 0.952. The summed E-state index contributed by atoms with van der Waals surface area (Å²) >= 11 is 12.0. The molecule has 7 nitrogen and oxygen atoms in total. The Morgan fingerprint density at radius 3 is 2.52 bits per heavy atom. The molecule has 31 heavy (non-hydrogen) atoms. The maximum absolute atomic E-state index is 9.35. The minimum atomic E-state index is 0.273. The average molecular weight is 458 g/mol. The van der Waals surface area contributed by atoms with Crippen molar-refractivity contribution in [2.24, 2.45) is 7.05 Å².